The summed E-state index contributed by atoms with van der Waals surface area (Å²) in [6.07, 6.45) is 2.68. The predicted molar refractivity (Wildman–Crippen MR) is 120 cm³/mol. The van der Waals surface area contributed by atoms with Gasteiger partial charge in [-0.3, -0.25) is 8.99 Å². The number of hydrogen-bond donors (Lipinski definition) is 1. The van der Waals surface area contributed by atoms with Gasteiger partial charge in [0.15, 0.2) is 17.4 Å². The molecule has 31 heavy (non-hydrogen) atoms. The van der Waals surface area contributed by atoms with Crippen LogP contribution < -0.4 is 14.8 Å². The van der Waals surface area contributed by atoms with Crippen LogP contribution in [0, 0.1) is 18.3 Å². The van der Waals surface area contributed by atoms with Gasteiger partial charge in [-0.05, 0) is 26.0 Å². The number of pyridine rings is 1. The van der Waals surface area contributed by atoms with Gasteiger partial charge < -0.3 is 10.5 Å². The van der Waals surface area contributed by atoms with Gasteiger partial charge in [0.05, 0.1) is 11.3 Å². The standard InChI is InChI=1S/C21H23N7O2S/c1-12-6-7-16-15(8-12)13(2)30-18-9-14(11-24-20(18)23)19-17(10-22)27(3)25-21(19)26-31(5,29)28(16)4/h6-9,11,13H,1-5H3,(H2,23,24)/t13-,31?/m1/s1. The van der Waals surface area contributed by atoms with Crippen molar-refractivity contribution in [2.45, 2.75) is 20.0 Å². The van der Waals surface area contributed by atoms with E-state index >= 15 is 0 Å². The van der Waals surface area contributed by atoms with Crippen molar-refractivity contribution in [3.05, 3.63) is 47.3 Å². The van der Waals surface area contributed by atoms with E-state index in [0.717, 1.165) is 16.8 Å². The zero-order chi connectivity index (χ0) is 22.5. The monoisotopic (exact) mass is 437 g/mol. The van der Waals surface area contributed by atoms with E-state index in [4.69, 9.17) is 10.5 Å². The third-order valence-corrected chi connectivity index (χ3v) is 7.06. The zero-order valence-electron chi connectivity index (χ0n) is 17.9. The number of aryl methyl sites for hydroxylation is 2. The summed E-state index contributed by atoms with van der Waals surface area (Å²) in [4.78, 5) is 4.25. The van der Waals surface area contributed by atoms with E-state index in [-0.39, 0.29) is 17.3 Å². The van der Waals surface area contributed by atoms with Gasteiger partial charge in [0, 0.05) is 37.7 Å². The molecule has 0 radical (unpaired) electrons. The fraction of sp³-hybridized carbons (Fsp3) is 0.286. The molecule has 1 aliphatic heterocycles. The Balaban J connectivity index is 2.11. The summed E-state index contributed by atoms with van der Waals surface area (Å²) in [7, 11) is 0.423. The molecule has 2 atom stereocenters. The van der Waals surface area contributed by atoms with Gasteiger partial charge in [-0.1, -0.05) is 17.7 Å². The number of nitrogen functional groups attached to an aromatic ring is 1. The van der Waals surface area contributed by atoms with Crippen molar-refractivity contribution < 1.29 is 8.95 Å². The number of hydrogen-bond acceptors (Lipinski definition) is 7. The first-order valence-electron chi connectivity index (χ1n) is 9.58. The van der Waals surface area contributed by atoms with Crippen LogP contribution in [0.15, 0.2) is 34.8 Å². The average molecular weight is 438 g/mol. The molecule has 0 saturated heterocycles. The Morgan fingerprint density at radius 2 is 2.03 bits per heavy atom. The lowest BCUT2D eigenvalue weighted by Crippen LogP contribution is -2.26. The maximum atomic E-state index is 13.7. The zero-order valence-corrected chi connectivity index (χ0v) is 18.8. The molecule has 9 nitrogen and oxygen atoms in total. The van der Waals surface area contributed by atoms with Crippen LogP contribution in [0.5, 0.6) is 5.75 Å². The number of nitrogens with two attached hydrogens (primary N) is 1. The molecule has 3 heterocycles. The third-order valence-electron chi connectivity index (χ3n) is 5.33. The highest BCUT2D eigenvalue weighted by molar-refractivity contribution is 7.94. The van der Waals surface area contributed by atoms with E-state index in [0.29, 0.717) is 16.9 Å². The van der Waals surface area contributed by atoms with Gasteiger partial charge in [-0.25, -0.2) is 9.19 Å². The molecule has 2 N–H and O–H groups in total. The minimum Gasteiger partial charge on any atom is -0.482 e. The number of nitriles is 1. The SMILES string of the molecule is Cc1ccc2c(c1)[C@@H](C)Oc1cc(cnc1N)-c1c(nn(C)c1C#N)N=S(C)(=O)N2C. The average Bonchev–Trinajstić information content (AvgIpc) is 3.02. The molecule has 0 fully saturated rings. The van der Waals surface area contributed by atoms with E-state index in [2.05, 4.69) is 20.5 Å². The van der Waals surface area contributed by atoms with Crippen LogP contribution in [0.1, 0.15) is 29.8 Å². The second-order valence-corrected chi connectivity index (χ2v) is 9.82. The molecule has 1 aliphatic rings. The fourth-order valence-corrected chi connectivity index (χ4v) is 4.70. The third kappa shape index (κ3) is 3.47. The first kappa shape index (κ1) is 20.7. The van der Waals surface area contributed by atoms with E-state index in [1.54, 1.807) is 30.7 Å². The van der Waals surface area contributed by atoms with Gasteiger partial charge >= 0.3 is 0 Å². The van der Waals surface area contributed by atoms with Crippen molar-refractivity contribution in [1.29, 1.82) is 5.26 Å². The molecular weight excluding hydrogens is 414 g/mol. The minimum atomic E-state index is -2.94. The first-order chi connectivity index (χ1) is 14.6. The summed E-state index contributed by atoms with van der Waals surface area (Å²) >= 11 is 0. The highest BCUT2D eigenvalue weighted by Crippen LogP contribution is 2.40. The van der Waals surface area contributed by atoms with Crippen LogP contribution in [0.25, 0.3) is 11.1 Å². The van der Waals surface area contributed by atoms with Gasteiger partial charge in [-0.15, -0.1) is 0 Å². The molecule has 2 aromatic heterocycles. The van der Waals surface area contributed by atoms with Gasteiger partial charge in [0.1, 0.15) is 27.8 Å². The van der Waals surface area contributed by atoms with E-state index < -0.39 is 16.0 Å². The summed E-state index contributed by atoms with van der Waals surface area (Å²) in [5, 5.41) is 14.1. The summed E-state index contributed by atoms with van der Waals surface area (Å²) in [6.45, 7) is 3.88. The number of nitrogens with zero attached hydrogens (tertiary/aromatic N) is 6. The number of fused-ring (bicyclic) bond motifs is 5. The molecule has 4 rings (SSSR count). The molecule has 0 spiro atoms. The van der Waals surface area contributed by atoms with Crippen LogP contribution in [-0.2, 0) is 17.0 Å². The molecule has 1 aromatic carbocycles. The van der Waals surface area contributed by atoms with Crippen molar-refractivity contribution in [2.24, 2.45) is 11.4 Å². The lowest BCUT2D eigenvalue weighted by Gasteiger charge is -2.27. The summed E-state index contributed by atoms with van der Waals surface area (Å²) in [5.41, 5.74) is 9.96. The number of rotatable bonds is 0. The Bertz CT molecular complexity index is 1360. The maximum Gasteiger partial charge on any atom is 0.194 e. The molecule has 3 aromatic rings. The molecule has 0 aliphatic carbocycles. The van der Waals surface area contributed by atoms with Gasteiger partial charge in [0.2, 0.25) is 0 Å². The number of aromatic nitrogens is 3. The van der Waals surface area contributed by atoms with Crippen molar-refractivity contribution >= 4 is 27.2 Å². The number of benzene rings is 1. The minimum absolute atomic E-state index is 0.193. The highest BCUT2D eigenvalue weighted by atomic mass is 32.2. The topological polar surface area (TPSA) is 122 Å². The van der Waals surface area contributed by atoms with Crippen molar-refractivity contribution in [3.8, 4) is 22.9 Å². The van der Waals surface area contributed by atoms with Crippen LogP contribution >= 0.6 is 0 Å². The normalized spacial score (nSPS) is 20.3. The molecule has 1 unspecified atom stereocenters. The van der Waals surface area contributed by atoms with E-state index in [9.17, 15) is 9.47 Å². The van der Waals surface area contributed by atoms with Gasteiger partial charge in [-0.2, -0.15) is 14.7 Å². The van der Waals surface area contributed by atoms with Crippen LogP contribution in [0.2, 0.25) is 0 Å². The van der Waals surface area contributed by atoms with Crippen LogP contribution in [-0.4, -0.2) is 32.3 Å². The predicted octanol–water partition coefficient (Wildman–Crippen LogP) is 3.48. The van der Waals surface area contributed by atoms with E-state index in [1.807, 2.05) is 32.0 Å². The van der Waals surface area contributed by atoms with Crippen LogP contribution in [0.3, 0.4) is 0 Å². The molecular formula is C21H23N7O2S. The highest BCUT2D eigenvalue weighted by Gasteiger charge is 2.26. The van der Waals surface area contributed by atoms with Crippen molar-refractivity contribution in [2.75, 3.05) is 23.3 Å². The summed E-state index contributed by atoms with van der Waals surface area (Å²) in [6, 6.07) is 9.69. The number of anilines is 2. The quantitative estimate of drug-likeness (QED) is 0.574. The van der Waals surface area contributed by atoms with Crippen molar-refractivity contribution in [3.63, 3.8) is 0 Å². The lowest BCUT2D eigenvalue weighted by molar-refractivity contribution is 0.228. The number of ether oxygens (including phenoxy) is 1. The van der Waals surface area contributed by atoms with Gasteiger partial charge in [0.25, 0.3) is 0 Å². The molecule has 0 saturated carbocycles. The Hall–Kier alpha value is -3.58. The van der Waals surface area contributed by atoms with Crippen LogP contribution in [0.4, 0.5) is 17.3 Å². The Morgan fingerprint density at radius 3 is 2.74 bits per heavy atom. The fourth-order valence-electron chi connectivity index (χ4n) is 3.60. The maximum absolute atomic E-state index is 13.7. The largest absolute Gasteiger partial charge is 0.482 e. The Labute approximate surface area is 181 Å². The van der Waals surface area contributed by atoms with Crippen molar-refractivity contribution in [1.82, 2.24) is 14.8 Å². The lowest BCUT2D eigenvalue weighted by atomic mass is 10.0. The summed E-state index contributed by atoms with van der Waals surface area (Å²) < 4.78 is 27.5. The smallest absolute Gasteiger partial charge is 0.194 e. The summed E-state index contributed by atoms with van der Waals surface area (Å²) in [5.74, 6) is 0.810. The Kier molecular flexibility index (Phi) is 4.86. The second-order valence-electron chi connectivity index (χ2n) is 7.56. The molecule has 2 bridgehead atoms. The molecule has 10 heteroatoms. The van der Waals surface area contributed by atoms with E-state index in [1.165, 1.54) is 10.9 Å². The first-order valence-corrected chi connectivity index (χ1v) is 11.5. The Morgan fingerprint density at radius 1 is 1.29 bits per heavy atom. The second kappa shape index (κ2) is 7.28. The molecule has 0 amide bonds. The molecule has 160 valence electrons.